The van der Waals surface area contributed by atoms with Crippen LogP contribution in [0.2, 0.25) is 0 Å². The van der Waals surface area contributed by atoms with E-state index in [9.17, 15) is 4.79 Å². The highest BCUT2D eigenvalue weighted by molar-refractivity contribution is 5.79. The van der Waals surface area contributed by atoms with Gasteiger partial charge in [0.1, 0.15) is 0 Å². The van der Waals surface area contributed by atoms with E-state index in [1.165, 1.54) is 32.1 Å². The van der Waals surface area contributed by atoms with Gasteiger partial charge in [-0.3, -0.25) is 9.69 Å². The van der Waals surface area contributed by atoms with Crippen molar-refractivity contribution >= 4 is 5.91 Å². The number of nitrogens with zero attached hydrogens (tertiary/aromatic N) is 2. The normalized spacial score (nSPS) is 28.8. The fourth-order valence-electron chi connectivity index (χ4n) is 3.88. The lowest BCUT2D eigenvalue weighted by Gasteiger charge is -2.41. The second kappa shape index (κ2) is 8.14. The van der Waals surface area contributed by atoms with Crippen LogP contribution < -0.4 is 5.32 Å². The minimum Gasteiger partial charge on any atom is -0.336 e. The first-order valence-corrected chi connectivity index (χ1v) is 8.86. The summed E-state index contributed by atoms with van der Waals surface area (Å²) < 4.78 is 0. The molecule has 2 saturated heterocycles. The second-order valence-corrected chi connectivity index (χ2v) is 6.96. The Hall–Kier alpha value is -0.610. The molecule has 4 nitrogen and oxygen atoms in total. The summed E-state index contributed by atoms with van der Waals surface area (Å²) in [6.45, 7) is 11.6. The third kappa shape index (κ3) is 4.68. The summed E-state index contributed by atoms with van der Waals surface area (Å²) in [5.41, 5.74) is 0. The van der Waals surface area contributed by atoms with Gasteiger partial charge in [0.2, 0.25) is 5.91 Å². The Morgan fingerprint density at radius 3 is 2.29 bits per heavy atom. The molecule has 0 aromatic heterocycles. The van der Waals surface area contributed by atoms with Crippen LogP contribution in [0, 0.1) is 5.92 Å². The van der Waals surface area contributed by atoms with Crippen molar-refractivity contribution in [2.75, 3.05) is 32.7 Å². The number of amides is 1. The molecular weight excluding hydrogens is 262 g/mol. The van der Waals surface area contributed by atoms with Gasteiger partial charge in [-0.1, -0.05) is 6.92 Å². The summed E-state index contributed by atoms with van der Waals surface area (Å²) in [6, 6.07) is 0.847. The Kier molecular flexibility index (Phi) is 6.49. The smallest absolute Gasteiger partial charge is 0.237 e. The van der Waals surface area contributed by atoms with E-state index < -0.39 is 0 Å². The Labute approximate surface area is 130 Å². The highest BCUT2D eigenvalue weighted by Crippen LogP contribution is 2.23. The molecule has 1 amide bonds. The van der Waals surface area contributed by atoms with Gasteiger partial charge in [-0.2, -0.15) is 0 Å². The number of hydrogen-bond acceptors (Lipinski definition) is 3. The average Bonchev–Trinajstić information content (AvgIpc) is 2.46. The van der Waals surface area contributed by atoms with Crippen molar-refractivity contribution in [2.24, 2.45) is 5.92 Å². The van der Waals surface area contributed by atoms with E-state index in [4.69, 9.17) is 0 Å². The quantitative estimate of drug-likeness (QED) is 0.844. The van der Waals surface area contributed by atoms with Crippen LogP contribution in [-0.2, 0) is 4.79 Å². The molecule has 2 aliphatic rings. The topological polar surface area (TPSA) is 35.6 Å². The van der Waals surface area contributed by atoms with E-state index in [2.05, 4.69) is 35.9 Å². The second-order valence-electron chi connectivity index (χ2n) is 6.96. The predicted octanol–water partition coefficient (Wildman–Crippen LogP) is 2.10. The standard InChI is InChI=1S/C17H33N3O/c1-4-18-12-16-8-10-19(11-9-16)13-17(21)20-14(2)6-5-7-15(20)3/h14-16,18H,4-13H2,1-3H3. The minimum absolute atomic E-state index is 0.347. The SMILES string of the molecule is CCNCC1CCN(CC(=O)N2C(C)CCCC2C)CC1. The molecular formula is C17H33N3O. The molecule has 122 valence electrons. The zero-order chi connectivity index (χ0) is 15.2. The molecule has 0 aromatic rings. The zero-order valence-corrected chi connectivity index (χ0v) is 14.1. The fraction of sp³-hybridized carbons (Fsp3) is 0.941. The molecule has 0 aromatic carbocycles. The Morgan fingerprint density at radius 2 is 1.71 bits per heavy atom. The Morgan fingerprint density at radius 1 is 1.10 bits per heavy atom. The molecule has 4 heteroatoms. The fourth-order valence-corrected chi connectivity index (χ4v) is 3.88. The summed E-state index contributed by atoms with van der Waals surface area (Å²) in [5, 5.41) is 3.44. The number of nitrogens with one attached hydrogen (secondary N) is 1. The van der Waals surface area contributed by atoms with Crippen LogP contribution in [0.1, 0.15) is 52.9 Å². The van der Waals surface area contributed by atoms with Crippen LogP contribution in [0.5, 0.6) is 0 Å². The highest BCUT2D eigenvalue weighted by atomic mass is 16.2. The number of rotatable bonds is 5. The van der Waals surface area contributed by atoms with Crippen LogP contribution in [0.3, 0.4) is 0 Å². The third-order valence-electron chi connectivity index (χ3n) is 5.23. The van der Waals surface area contributed by atoms with Gasteiger partial charge in [-0.25, -0.2) is 0 Å². The van der Waals surface area contributed by atoms with Crippen molar-refractivity contribution in [2.45, 2.75) is 65.0 Å². The maximum atomic E-state index is 12.6. The van der Waals surface area contributed by atoms with Gasteiger partial charge in [0.15, 0.2) is 0 Å². The largest absolute Gasteiger partial charge is 0.336 e. The molecule has 2 rings (SSSR count). The van der Waals surface area contributed by atoms with E-state index in [-0.39, 0.29) is 0 Å². The van der Waals surface area contributed by atoms with Crippen molar-refractivity contribution in [3.63, 3.8) is 0 Å². The van der Waals surface area contributed by atoms with E-state index in [0.717, 1.165) is 32.1 Å². The number of carbonyl (C=O) groups excluding carboxylic acids is 1. The van der Waals surface area contributed by atoms with E-state index in [1.807, 2.05) is 0 Å². The molecule has 2 atom stereocenters. The number of piperidine rings is 2. The lowest BCUT2D eigenvalue weighted by atomic mass is 9.96. The van der Waals surface area contributed by atoms with Crippen molar-refractivity contribution in [3.05, 3.63) is 0 Å². The minimum atomic E-state index is 0.347. The van der Waals surface area contributed by atoms with Crippen molar-refractivity contribution in [1.29, 1.82) is 0 Å². The van der Waals surface area contributed by atoms with Crippen LogP contribution in [0.15, 0.2) is 0 Å². The predicted molar refractivity (Wildman–Crippen MR) is 87.3 cm³/mol. The first-order chi connectivity index (χ1) is 10.1. The molecule has 1 N–H and O–H groups in total. The zero-order valence-electron chi connectivity index (χ0n) is 14.1. The lowest BCUT2D eigenvalue weighted by molar-refractivity contribution is -0.138. The molecule has 2 fully saturated rings. The van der Waals surface area contributed by atoms with Crippen molar-refractivity contribution in [1.82, 2.24) is 15.1 Å². The molecule has 0 spiro atoms. The Bertz CT molecular complexity index is 316. The molecule has 2 unspecified atom stereocenters. The van der Waals surface area contributed by atoms with Crippen LogP contribution in [0.25, 0.3) is 0 Å². The summed E-state index contributed by atoms with van der Waals surface area (Å²) >= 11 is 0. The van der Waals surface area contributed by atoms with Gasteiger partial charge in [-0.05, 0) is 78.0 Å². The van der Waals surface area contributed by atoms with Gasteiger partial charge in [0.05, 0.1) is 6.54 Å². The highest BCUT2D eigenvalue weighted by Gasteiger charge is 2.30. The van der Waals surface area contributed by atoms with E-state index in [1.54, 1.807) is 0 Å². The number of hydrogen-bond donors (Lipinski definition) is 1. The molecule has 21 heavy (non-hydrogen) atoms. The van der Waals surface area contributed by atoms with Gasteiger partial charge in [0, 0.05) is 12.1 Å². The lowest BCUT2D eigenvalue weighted by Crippen LogP contribution is -2.52. The summed E-state index contributed by atoms with van der Waals surface area (Å²) in [7, 11) is 0. The summed E-state index contributed by atoms with van der Waals surface area (Å²) in [5.74, 6) is 1.14. The van der Waals surface area contributed by atoms with Crippen molar-refractivity contribution < 1.29 is 4.79 Å². The Balaban J connectivity index is 1.76. The first-order valence-electron chi connectivity index (χ1n) is 8.86. The molecule has 2 heterocycles. The summed E-state index contributed by atoms with van der Waals surface area (Å²) in [4.78, 5) is 17.1. The molecule has 0 bridgehead atoms. The van der Waals surface area contributed by atoms with Crippen LogP contribution in [0.4, 0.5) is 0 Å². The van der Waals surface area contributed by atoms with Crippen molar-refractivity contribution in [3.8, 4) is 0 Å². The maximum Gasteiger partial charge on any atom is 0.237 e. The van der Waals surface area contributed by atoms with Gasteiger partial charge < -0.3 is 10.2 Å². The molecule has 2 aliphatic heterocycles. The van der Waals surface area contributed by atoms with Crippen LogP contribution >= 0.6 is 0 Å². The van der Waals surface area contributed by atoms with Crippen LogP contribution in [-0.4, -0.2) is 60.5 Å². The molecule has 0 aliphatic carbocycles. The number of likely N-dealkylation sites (tertiary alicyclic amines) is 2. The van der Waals surface area contributed by atoms with Gasteiger partial charge in [0.25, 0.3) is 0 Å². The van der Waals surface area contributed by atoms with E-state index in [0.29, 0.717) is 24.5 Å². The first kappa shape index (κ1) is 16.8. The molecule has 0 saturated carbocycles. The average molecular weight is 295 g/mol. The number of carbonyl (C=O) groups is 1. The maximum absolute atomic E-state index is 12.6. The van der Waals surface area contributed by atoms with Gasteiger partial charge in [-0.15, -0.1) is 0 Å². The van der Waals surface area contributed by atoms with E-state index >= 15 is 0 Å². The third-order valence-corrected chi connectivity index (χ3v) is 5.23. The monoisotopic (exact) mass is 295 g/mol. The summed E-state index contributed by atoms with van der Waals surface area (Å²) in [6.07, 6.45) is 6.06. The van der Waals surface area contributed by atoms with Gasteiger partial charge >= 0.3 is 0 Å². The molecule has 0 radical (unpaired) electrons.